The zero-order chi connectivity index (χ0) is 24.5. The van der Waals surface area contributed by atoms with E-state index in [1.54, 1.807) is 12.1 Å². The summed E-state index contributed by atoms with van der Waals surface area (Å²) < 4.78 is 47.0. The molecule has 0 aliphatic heterocycles. The second-order valence-electron chi connectivity index (χ2n) is 10.6. The van der Waals surface area contributed by atoms with Gasteiger partial charge in [-0.3, -0.25) is 0 Å². The Bertz CT molecular complexity index is 1120. The molecule has 2 aromatic carbocycles. The van der Waals surface area contributed by atoms with E-state index in [2.05, 4.69) is 32.7 Å². The van der Waals surface area contributed by atoms with E-state index in [0.717, 1.165) is 50.0 Å². The first-order valence-corrected chi connectivity index (χ1v) is 12.6. The number of ether oxygens (including phenoxy) is 1. The van der Waals surface area contributed by atoms with Crippen molar-refractivity contribution in [3.63, 3.8) is 0 Å². The Morgan fingerprint density at radius 1 is 1.00 bits per heavy atom. The van der Waals surface area contributed by atoms with E-state index in [9.17, 15) is 13.2 Å². The maximum absolute atomic E-state index is 13.7. The van der Waals surface area contributed by atoms with Crippen LogP contribution < -0.4 is 4.74 Å². The molecule has 2 aliphatic rings. The van der Waals surface area contributed by atoms with Crippen molar-refractivity contribution in [2.45, 2.75) is 90.8 Å². The Labute approximate surface area is 200 Å². The summed E-state index contributed by atoms with van der Waals surface area (Å²) in [7, 11) is 0. The van der Waals surface area contributed by atoms with Gasteiger partial charge in [0.15, 0.2) is 0 Å². The van der Waals surface area contributed by atoms with Gasteiger partial charge in [-0.2, -0.15) is 13.2 Å². The zero-order valence-corrected chi connectivity index (χ0v) is 20.7. The number of H-pyrrole nitrogens is 1. The molecule has 1 saturated carbocycles. The van der Waals surface area contributed by atoms with Crippen LogP contribution in [0.1, 0.15) is 99.6 Å². The number of alkyl halides is 3. The van der Waals surface area contributed by atoms with Gasteiger partial charge in [-0.15, -0.1) is 0 Å². The molecule has 1 fully saturated rings. The minimum Gasteiger partial charge on any atom is -0.489 e. The van der Waals surface area contributed by atoms with Gasteiger partial charge in [-0.25, -0.2) is 0 Å². The van der Waals surface area contributed by atoms with Crippen LogP contribution >= 0.6 is 0 Å². The van der Waals surface area contributed by atoms with Crippen LogP contribution in [0.4, 0.5) is 13.2 Å². The number of fused-ring (bicyclic) bond motifs is 3. The van der Waals surface area contributed by atoms with Crippen LogP contribution in [-0.2, 0) is 19.2 Å². The highest BCUT2D eigenvalue weighted by Gasteiger charge is 2.36. The fraction of sp³-hybridized carbons (Fsp3) is 0.517. The summed E-state index contributed by atoms with van der Waals surface area (Å²) in [6.45, 7) is 8.86. The van der Waals surface area contributed by atoms with Gasteiger partial charge in [0, 0.05) is 16.6 Å². The third-order valence-electron chi connectivity index (χ3n) is 6.85. The lowest BCUT2D eigenvalue weighted by Crippen LogP contribution is -2.12. The van der Waals surface area contributed by atoms with Crippen LogP contribution in [-0.4, -0.2) is 4.98 Å². The number of nitrogens with one attached hydrogen (secondary N) is 1. The van der Waals surface area contributed by atoms with Gasteiger partial charge in [0.25, 0.3) is 0 Å². The van der Waals surface area contributed by atoms with Crippen LogP contribution in [0.3, 0.4) is 0 Å². The second kappa shape index (κ2) is 10.1. The van der Waals surface area contributed by atoms with Crippen molar-refractivity contribution >= 4 is 10.9 Å². The molecule has 0 spiro atoms. The van der Waals surface area contributed by atoms with E-state index in [1.807, 2.05) is 18.2 Å². The molecule has 5 rings (SSSR count). The molecule has 1 unspecified atom stereocenters. The van der Waals surface area contributed by atoms with E-state index >= 15 is 0 Å². The fourth-order valence-electron chi connectivity index (χ4n) is 5.23. The van der Waals surface area contributed by atoms with Crippen LogP contribution in [0.5, 0.6) is 5.75 Å². The Hall–Kier alpha value is -2.43. The first kappa shape index (κ1) is 24.7. The lowest BCUT2D eigenvalue weighted by molar-refractivity contribution is -0.138. The lowest BCUT2D eigenvalue weighted by atomic mass is 9.91. The highest BCUT2D eigenvalue weighted by molar-refractivity contribution is 5.86. The molecule has 0 saturated heterocycles. The molecule has 1 heterocycles. The molecule has 5 heteroatoms. The summed E-state index contributed by atoms with van der Waals surface area (Å²) in [4.78, 5) is 3.50. The molecule has 2 nitrogen and oxygen atoms in total. The minimum absolute atomic E-state index is 0.0251. The first-order chi connectivity index (χ1) is 16.1. The average molecular weight is 472 g/mol. The van der Waals surface area contributed by atoms with E-state index in [0.29, 0.717) is 22.8 Å². The molecule has 0 radical (unpaired) electrons. The number of rotatable bonds is 4. The van der Waals surface area contributed by atoms with Crippen molar-refractivity contribution in [3.05, 3.63) is 64.3 Å². The Morgan fingerprint density at radius 2 is 1.71 bits per heavy atom. The Morgan fingerprint density at radius 3 is 2.38 bits per heavy atom. The highest BCUT2D eigenvalue weighted by atomic mass is 19.4. The topological polar surface area (TPSA) is 25.0 Å². The molecule has 0 amide bonds. The molecule has 34 heavy (non-hydrogen) atoms. The molecule has 1 aromatic heterocycles. The van der Waals surface area contributed by atoms with Crippen LogP contribution in [0.25, 0.3) is 10.9 Å². The molecule has 184 valence electrons. The third kappa shape index (κ3) is 5.45. The number of hydrogen-bond donors (Lipinski definition) is 1. The summed E-state index contributed by atoms with van der Waals surface area (Å²) in [6, 6.07) is 10.6. The summed E-state index contributed by atoms with van der Waals surface area (Å²) in [5.74, 6) is 2.09. The van der Waals surface area contributed by atoms with Gasteiger partial charge >= 0.3 is 6.18 Å². The van der Waals surface area contributed by atoms with Crippen molar-refractivity contribution < 1.29 is 17.9 Å². The summed E-state index contributed by atoms with van der Waals surface area (Å²) in [5.41, 5.74) is 4.25. The smallest absolute Gasteiger partial charge is 0.416 e. The van der Waals surface area contributed by atoms with Crippen molar-refractivity contribution in [1.29, 1.82) is 0 Å². The van der Waals surface area contributed by atoms with Crippen LogP contribution in [0, 0.1) is 5.92 Å². The maximum Gasteiger partial charge on any atom is 0.416 e. The quantitative estimate of drug-likeness (QED) is 0.403. The van der Waals surface area contributed by atoms with Crippen molar-refractivity contribution in [2.24, 2.45) is 5.92 Å². The van der Waals surface area contributed by atoms with E-state index in [4.69, 9.17) is 4.74 Å². The Kier molecular flexibility index (Phi) is 7.30. The molecule has 1 N–H and O–H groups in total. The molecular weight excluding hydrogens is 435 g/mol. The predicted molar refractivity (Wildman–Crippen MR) is 133 cm³/mol. The number of benzene rings is 2. The number of aryl methyl sites for hydroxylation is 1. The fourth-order valence-corrected chi connectivity index (χ4v) is 5.23. The summed E-state index contributed by atoms with van der Waals surface area (Å²) in [6.07, 6.45) is 1.58. The summed E-state index contributed by atoms with van der Waals surface area (Å²) in [5, 5.41) is 1.17. The molecule has 3 aromatic rings. The van der Waals surface area contributed by atoms with Crippen molar-refractivity contribution in [3.8, 4) is 5.75 Å². The number of aromatic amines is 1. The van der Waals surface area contributed by atoms with Gasteiger partial charge < -0.3 is 9.72 Å². The third-order valence-corrected chi connectivity index (χ3v) is 6.85. The van der Waals surface area contributed by atoms with Crippen LogP contribution in [0.2, 0.25) is 0 Å². The van der Waals surface area contributed by atoms with Gasteiger partial charge in [-0.1, -0.05) is 52.7 Å². The highest BCUT2D eigenvalue weighted by Crippen LogP contribution is 2.42. The largest absolute Gasteiger partial charge is 0.489 e. The number of aromatic nitrogens is 1. The standard InChI is InChI=1S/C25H26F3NO.C4H10/c1-15-6-9-20-21-13-18(8-11-23(21)29-24(15)20)30-14-16-7-10-19(17-4-2-3-5-17)22(12-16)25(26,27)28;1-4(2)3/h7-8,10-13,15,17,29H,2-6,9,14H2,1H3;4H,1-3H3. The second-order valence-corrected chi connectivity index (χ2v) is 10.6. The summed E-state index contributed by atoms with van der Waals surface area (Å²) >= 11 is 0. The first-order valence-electron chi connectivity index (χ1n) is 12.6. The normalized spacial score (nSPS) is 18.3. The Balaban J connectivity index is 0.000000636. The molecule has 2 aliphatic carbocycles. The molecular formula is C29H36F3NO. The monoisotopic (exact) mass is 471 g/mol. The average Bonchev–Trinajstić information content (AvgIpc) is 3.50. The van der Waals surface area contributed by atoms with Gasteiger partial charge in [0.05, 0.1) is 5.56 Å². The lowest BCUT2D eigenvalue weighted by Gasteiger charge is -2.19. The van der Waals surface area contributed by atoms with Gasteiger partial charge in [-0.05, 0) is 84.4 Å². The molecule has 0 bridgehead atoms. The van der Waals surface area contributed by atoms with Gasteiger partial charge in [0.2, 0.25) is 0 Å². The SMILES string of the molecule is CC(C)C.CC1CCc2c1[nH]c1ccc(OCc3ccc(C4CCCC4)c(C(F)(F)F)c3)cc21. The zero-order valence-electron chi connectivity index (χ0n) is 20.7. The predicted octanol–water partition coefficient (Wildman–Crippen LogP) is 9.14. The van der Waals surface area contributed by atoms with Crippen molar-refractivity contribution in [1.82, 2.24) is 4.98 Å². The van der Waals surface area contributed by atoms with E-state index in [-0.39, 0.29) is 12.5 Å². The number of hydrogen-bond acceptors (Lipinski definition) is 1. The molecule has 1 atom stereocenters. The number of halogens is 3. The maximum atomic E-state index is 13.7. The minimum atomic E-state index is -4.34. The van der Waals surface area contributed by atoms with Crippen LogP contribution in [0.15, 0.2) is 36.4 Å². The van der Waals surface area contributed by atoms with Crippen molar-refractivity contribution in [2.75, 3.05) is 0 Å². The van der Waals surface area contributed by atoms with E-state index < -0.39 is 11.7 Å². The van der Waals surface area contributed by atoms with E-state index in [1.165, 1.54) is 22.7 Å². The van der Waals surface area contributed by atoms with Gasteiger partial charge in [0.1, 0.15) is 12.4 Å².